The van der Waals surface area contributed by atoms with Gasteiger partial charge in [-0.25, -0.2) is 0 Å². The van der Waals surface area contributed by atoms with Crippen molar-refractivity contribution in [3.05, 3.63) is 0 Å². The molecule has 14 heavy (non-hydrogen) atoms. The summed E-state index contributed by atoms with van der Waals surface area (Å²) in [6.45, 7) is 4.54. The Hall–Kier alpha value is 1.16. The Kier molecular flexibility index (Phi) is 13.2. The Morgan fingerprint density at radius 3 is 1.50 bits per heavy atom. The molecule has 0 atom stereocenters. The van der Waals surface area contributed by atoms with Crippen molar-refractivity contribution >= 4 is 28.8 Å². The summed E-state index contributed by atoms with van der Waals surface area (Å²) in [6, 6.07) is 0. The first-order valence-corrected chi connectivity index (χ1v) is 15.3. The molecule has 0 aliphatic rings. The predicted molar refractivity (Wildman–Crippen MR) is 69.5 cm³/mol. The second-order valence-corrected chi connectivity index (χ2v) is 15.1. The third-order valence-corrected chi connectivity index (χ3v) is 11.6. The Labute approximate surface area is 102 Å². The molecule has 84 valence electrons. The van der Waals surface area contributed by atoms with Crippen LogP contribution in [0.3, 0.4) is 0 Å². The molecule has 0 nitrogen and oxygen atoms in total. The normalized spacial score (nSPS) is 10.5. The molecule has 0 unspecified atom stereocenters. The van der Waals surface area contributed by atoms with E-state index in [0.717, 1.165) is 0 Å². The van der Waals surface area contributed by atoms with Gasteiger partial charge in [0.25, 0.3) is 0 Å². The molecule has 0 aromatic rings. The van der Waals surface area contributed by atoms with Gasteiger partial charge in [-0.3, -0.25) is 0 Å². The summed E-state index contributed by atoms with van der Waals surface area (Å²) < 4.78 is 2.88. The van der Waals surface area contributed by atoms with E-state index in [2.05, 4.69) is 13.8 Å². The Bertz CT molecular complexity index is 94.5. The summed E-state index contributed by atoms with van der Waals surface area (Å²) in [5, 5.41) is 0. The molecule has 0 rings (SSSR count). The van der Waals surface area contributed by atoms with Crippen molar-refractivity contribution in [1.29, 1.82) is 0 Å². The van der Waals surface area contributed by atoms with E-state index in [4.69, 9.17) is 8.58 Å². The topological polar surface area (TPSA) is 0 Å². The molecule has 0 aliphatic heterocycles. The van der Waals surface area contributed by atoms with Gasteiger partial charge >= 0.3 is 102 Å². The van der Waals surface area contributed by atoms with Crippen LogP contribution in [0.15, 0.2) is 0 Å². The van der Waals surface area contributed by atoms with Gasteiger partial charge in [0.1, 0.15) is 0 Å². The monoisotopic (exact) mass is 320 g/mol. The van der Waals surface area contributed by atoms with Crippen molar-refractivity contribution in [2.24, 2.45) is 0 Å². The minimum atomic E-state index is -1.46. The number of rotatable bonds is 10. The minimum absolute atomic E-state index is 1.35. The number of unbranched alkanes of at least 4 members (excludes halogenated alkanes) is 6. The van der Waals surface area contributed by atoms with Gasteiger partial charge in [0.05, 0.1) is 0 Å². The van der Waals surface area contributed by atoms with Crippen LogP contribution in [0.1, 0.15) is 65.2 Å². The van der Waals surface area contributed by atoms with Crippen molar-refractivity contribution in [3.63, 3.8) is 0 Å². The van der Waals surface area contributed by atoms with Gasteiger partial charge in [-0.2, -0.15) is 0 Å². The van der Waals surface area contributed by atoms with E-state index < -0.39 is 20.3 Å². The van der Waals surface area contributed by atoms with Gasteiger partial charge in [0.15, 0.2) is 0 Å². The van der Waals surface area contributed by atoms with E-state index in [9.17, 15) is 0 Å². The molecular weight excluding hydrogens is 294 g/mol. The number of hydrogen-bond donors (Lipinski definition) is 0. The van der Waals surface area contributed by atoms with Crippen molar-refractivity contribution in [2.45, 2.75) is 73.6 Å². The molecule has 0 aromatic carbocycles. The zero-order chi connectivity index (χ0) is 10.6. The van der Waals surface area contributed by atoms with Gasteiger partial charge < -0.3 is 0 Å². The van der Waals surface area contributed by atoms with Crippen LogP contribution in [0.2, 0.25) is 8.35 Å². The number of hydrogen-bond acceptors (Lipinski definition) is 0. The summed E-state index contributed by atoms with van der Waals surface area (Å²) in [5.41, 5.74) is 0. The van der Waals surface area contributed by atoms with Crippen LogP contribution < -0.4 is 0 Å². The van der Waals surface area contributed by atoms with E-state index in [1.165, 1.54) is 59.7 Å². The zero-order valence-corrected chi connectivity index (χ0v) is 14.1. The summed E-state index contributed by atoms with van der Waals surface area (Å²) in [4.78, 5) is 0. The Morgan fingerprint density at radius 2 is 1.14 bits per heavy atom. The van der Waals surface area contributed by atoms with Gasteiger partial charge in [-0.15, -0.1) is 0 Å². The van der Waals surface area contributed by atoms with Crippen LogP contribution >= 0.6 is 8.58 Å². The van der Waals surface area contributed by atoms with Crippen molar-refractivity contribution < 1.29 is 0 Å². The van der Waals surface area contributed by atoms with Crippen LogP contribution in [-0.2, 0) is 0 Å². The van der Waals surface area contributed by atoms with Crippen LogP contribution in [-0.4, -0.2) is 20.3 Å². The standard InChI is InChI=1S/2C6H13.ClH.In/c2*1-3-5-6-4-2;;/h2*1,3-6H2,2H3;1H;/q;;;+1/p-1. The molecule has 0 heterocycles. The van der Waals surface area contributed by atoms with Gasteiger partial charge in [-0.1, -0.05) is 0 Å². The molecule has 0 N–H and O–H groups in total. The summed E-state index contributed by atoms with van der Waals surface area (Å²) in [7, 11) is 6.45. The van der Waals surface area contributed by atoms with Gasteiger partial charge in [-0.05, 0) is 0 Å². The first kappa shape index (κ1) is 15.2. The van der Waals surface area contributed by atoms with Crippen LogP contribution in [0.5, 0.6) is 0 Å². The second-order valence-electron chi connectivity index (χ2n) is 4.30. The molecule has 0 aliphatic carbocycles. The maximum absolute atomic E-state index is 6.45. The summed E-state index contributed by atoms with van der Waals surface area (Å²) in [5.74, 6) is 0. The Balaban J connectivity index is 3.07. The molecule has 0 saturated carbocycles. The van der Waals surface area contributed by atoms with Crippen molar-refractivity contribution in [1.82, 2.24) is 0 Å². The van der Waals surface area contributed by atoms with E-state index in [-0.39, 0.29) is 0 Å². The van der Waals surface area contributed by atoms with E-state index in [1.807, 2.05) is 0 Å². The van der Waals surface area contributed by atoms with E-state index in [0.29, 0.717) is 0 Å². The molecule has 0 fully saturated rings. The average Bonchev–Trinajstić information content (AvgIpc) is 2.19. The molecule has 0 spiro atoms. The first-order chi connectivity index (χ1) is 6.81. The zero-order valence-electron chi connectivity index (χ0n) is 10.0. The summed E-state index contributed by atoms with van der Waals surface area (Å²) in [6.07, 6.45) is 11.2. The molecule has 0 radical (unpaired) electrons. The van der Waals surface area contributed by atoms with Gasteiger partial charge in [0.2, 0.25) is 0 Å². The summed E-state index contributed by atoms with van der Waals surface area (Å²) >= 11 is -1.46. The average molecular weight is 321 g/mol. The Morgan fingerprint density at radius 1 is 0.714 bits per heavy atom. The molecule has 0 amide bonds. The van der Waals surface area contributed by atoms with Crippen molar-refractivity contribution in [2.75, 3.05) is 0 Å². The second kappa shape index (κ2) is 12.2. The van der Waals surface area contributed by atoms with Crippen LogP contribution in [0.4, 0.5) is 0 Å². The fourth-order valence-corrected chi connectivity index (χ4v) is 8.80. The third-order valence-electron chi connectivity index (χ3n) is 2.74. The fraction of sp³-hybridized carbons (Fsp3) is 1.00. The predicted octanol–water partition coefficient (Wildman–Crippen LogP) is 5.38. The van der Waals surface area contributed by atoms with Gasteiger partial charge in [0, 0.05) is 0 Å². The fourth-order valence-electron chi connectivity index (χ4n) is 1.73. The maximum atomic E-state index is 6.45. The quantitative estimate of drug-likeness (QED) is 0.474. The first-order valence-electron chi connectivity index (χ1n) is 6.45. The SMILES string of the molecule is CCCCC[CH2][In]([Cl])[CH2]CCCCC. The van der Waals surface area contributed by atoms with E-state index >= 15 is 0 Å². The molecule has 0 saturated heterocycles. The molecule has 2 heteroatoms. The van der Waals surface area contributed by atoms with E-state index in [1.54, 1.807) is 0 Å². The van der Waals surface area contributed by atoms with Crippen LogP contribution in [0, 0.1) is 0 Å². The van der Waals surface area contributed by atoms with Crippen molar-refractivity contribution in [3.8, 4) is 0 Å². The number of halogens is 1. The van der Waals surface area contributed by atoms with Crippen LogP contribution in [0.25, 0.3) is 0 Å². The third kappa shape index (κ3) is 11.2. The molecular formula is C12H26ClIn. The molecule has 0 bridgehead atoms. The molecule has 0 aromatic heterocycles.